The van der Waals surface area contributed by atoms with Gasteiger partial charge in [-0.2, -0.15) is 16.8 Å². The molecule has 1 aromatic heterocycles. The predicted molar refractivity (Wildman–Crippen MR) is 193 cm³/mol. The summed E-state index contributed by atoms with van der Waals surface area (Å²) in [5, 5.41) is 11.3. The minimum atomic E-state index is -4.02. The number of aliphatic hydroxyl groups excluding tert-OH is 1. The number of likely N-dealkylation sites (tertiary alicyclic amines) is 1. The number of halogens is 1. The van der Waals surface area contributed by atoms with Gasteiger partial charge in [0.1, 0.15) is 24.3 Å². The zero-order valence-corrected chi connectivity index (χ0v) is 30.2. The molecule has 11 nitrogen and oxygen atoms in total. The summed E-state index contributed by atoms with van der Waals surface area (Å²) in [5.41, 5.74) is 2.95. The van der Waals surface area contributed by atoms with Gasteiger partial charge in [-0.3, -0.25) is 14.0 Å². The Morgan fingerprint density at radius 1 is 0.880 bits per heavy atom. The number of likely N-dealkylation sites (N-methyl/N-ethyl adjacent to an activating group) is 1. The van der Waals surface area contributed by atoms with E-state index >= 15 is 0 Å². The third-order valence-corrected chi connectivity index (χ3v) is 10.6. The number of hydrogen-bond donors (Lipinski definition) is 3. The van der Waals surface area contributed by atoms with Gasteiger partial charge < -0.3 is 14.7 Å². The highest BCUT2D eigenvalue weighted by molar-refractivity contribution is 7.86. The molecule has 1 aliphatic heterocycles. The highest BCUT2D eigenvalue weighted by Crippen LogP contribution is 2.30. The Kier molecular flexibility index (Phi) is 13.4. The predicted octanol–water partition coefficient (Wildman–Crippen LogP) is 5.87. The summed E-state index contributed by atoms with van der Waals surface area (Å²) in [6, 6.07) is 26.4. The van der Waals surface area contributed by atoms with E-state index in [1.807, 2.05) is 32.0 Å². The molecule has 50 heavy (non-hydrogen) atoms. The van der Waals surface area contributed by atoms with Crippen molar-refractivity contribution in [3.63, 3.8) is 0 Å². The number of benzene rings is 4. The Bertz CT molecular complexity index is 1940. The molecule has 1 aliphatic rings. The van der Waals surface area contributed by atoms with Crippen LogP contribution in [0.4, 0.5) is 9.52 Å². The normalized spacial score (nSPS) is 15.4. The van der Waals surface area contributed by atoms with E-state index in [0.717, 1.165) is 41.3 Å². The Hall–Kier alpha value is -3.96. The van der Waals surface area contributed by atoms with Crippen LogP contribution >= 0.6 is 11.3 Å². The fourth-order valence-electron chi connectivity index (χ4n) is 4.96. The van der Waals surface area contributed by atoms with Crippen LogP contribution in [0, 0.1) is 19.7 Å². The lowest BCUT2D eigenvalue weighted by Crippen LogP contribution is -2.38. The van der Waals surface area contributed by atoms with E-state index in [9.17, 15) is 26.3 Å². The number of aryl methyl sites for hydroxylation is 2. The van der Waals surface area contributed by atoms with Gasteiger partial charge in [0.15, 0.2) is 5.13 Å². The van der Waals surface area contributed by atoms with Gasteiger partial charge in [-0.25, -0.2) is 9.37 Å². The van der Waals surface area contributed by atoms with E-state index in [1.54, 1.807) is 47.7 Å². The summed E-state index contributed by atoms with van der Waals surface area (Å²) >= 11 is 1.71. The van der Waals surface area contributed by atoms with Gasteiger partial charge in [0.05, 0.1) is 20.0 Å². The number of anilines is 1. The molecular weight excluding hydrogens is 706 g/mol. The molecule has 5 aromatic rings. The minimum Gasteiger partial charge on any atom is -0.491 e. The summed E-state index contributed by atoms with van der Waals surface area (Å²) in [7, 11) is -5.94. The van der Waals surface area contributed by atoms with Crippen LogP contribution in [0.3, 0.4) is 0 Å². The van der Waals surface area contributed by atoms with Gasteiger partial charge in [0.2, 0.25) is 0 Å². The van der Waals surface area contributed by atoms with Crippen LogP contribution in [-0.2, 0) is 20.2 Å². The first kappa shape index (κ1) is 38.8. The van der Waals surface area contributed by atoms with Crippen molar-refractivity contribution in [2.45, 2.75) is 42.2 Å². The number of aliphatic hydroxyl groups is 1. The molecule has 0 bridgehead atoms. The summed E-state index contributed by atoms with van der Waals surface area (Å²) in [4.78, 5) is 9.12. The molecule has 268 valence electrons. The summed E-state index contributed by atoms with van der Waals surface area (Å²) < 4.78 is 78.8. The van der Waals surface area contributed by atoms with Crippen LogP contribution in [0.2, 0.25) is 0 Å². The summed E-state index contributed by atoms with van der Waals surface area (Å²) in [5.74, 6) is 0.267. The number of rotatable bonds is 9. The van der Waals surface area contributed by atoms with Crippen molar-refractivity contribution in [1.29, 1.82) is 0 Å². The first-order valence-electron chi connectivity index (χ1n) is 15.5. The van der Waals surface area contributed by atoms with Crippen molar-refractivity contribution < 1.29 is 40.2 Å². The molecule has 2 atom stereocenters. The summed E-state index contributed by atoms with van der Waals surface area (Å²) in [6.45, 7) is 6.26. The second-order valence-electron chi connectivity index (χ2n) is 11.8. The number of para-hydroxylation sites is 1. The average molecular weight is 746 g/mol. The van der Waals surface area contributed by atoms with E-state index in [0.29, 0.717) is 18.3 Å². The first-order chi connectivity index (χ1) is 23.6. The molecule has 0 radical (unpaired) electrons. The van der Waals surface area contributed by atoms with Crippen molar-refractivity contribution in [2.24, 2.45) is 0 Å². The van der Waals surface area contributed by atoms with Gasteiger partial charge in [-0.1, -0.05) is 58.9 Å². The molecular formula is C35H40FN3O8S3. The minimum absolute atomic E-state index is 0.0666. The lowest BCUT2D eigenvalue weighted by molar-refractivity contribution is 0.0754. The fourth-order valence-corrected chi connectivity index (χ4v) is 6.91. The van der Waals surface area contributed by atoms with E-state index in [2.05, 4.69) is 22.9 Å². The van der Waals surface area contributed by atoms with Crippen LogP contribution in [0.15, 0.2) is 107 Å². The van der Waals surface area contributed by atoms with Gasteiger partial charge in [0.25, 0.3) is 20.2 Å². The van der Waals surface area contributed by atoms with Crippen molar-refractivity contribution in [1.82, 2.24) is 9.88 Å². The third-order valence-electron chi connectivity index (χ3n) is 7.74. The van der Waals surface area contributed by atoms with E-state index in [4.69, 9.17) is 18.8 Å². The van der Waals surface area contributed by atoms with E-state index < -0.39 is 26.3 Å². The van der Waals surface area contributed by atoms with Crippen molar-refractivity contribution in [2.75, 3.05) is 38.2 Å². The van der Waals surface area contributed by atoms with E-state index in [-0.39, 0.29) is 22.2 Å². The monoisotopic (exact) mass is 745 g/mol. The Labute approximate surface area is 296 Å². The van der Waals surface area contributed by atoms with Crippen LogP contribution in [-0.4, -0.2) is 86.4 Å². The second-order valence-corrected chi connectivity index (χ2v) is 15.6. The molecule has 6 rings (SSSR count). The lowest BCUT2D eigenvalue weighted by Gasteiger charge is -2.25. The number of nitrogens with zero attached hydrogens (tertiary/aromatic N) is 3. The van der Waals surface area contributed by atoms with E-state index in [1.165, 1.54) is 41.1 Å². The maximum absolute atomic E-state index is 12.9. The number of fused-ring (bicyclic) bond motifs is 1. The summed E-state index contributed by atoms with van der Waals surface area (Å²) in [6.07, 6.45) is 0.453. The van der Waals surface area contributed by atoms with Crippen LogP contribution in [0.5, 0.6) is 5.75 Å². The molecule has 2 heterocycles. The van der Waals surface area contributed by atoms with Crippen LogP contribution < -0.4 is 9.64 Å². The quantitative estimate of drug-likeness (QED) is 0.155. The highest BCUT2D eigenvalue weighted by atomic mass is 32.2. The maximum Gasteiger partial charge on any atom is 0.294 e. The molecule has 4 aromatic carbocycles. The standard InChI is InChI=1S/C21H24FN3O2S.2C7H8O3S/c1-24(21-23-19-4-2-3-5-20(19)28-21)16-10-11-25(12-16)13-17(26)14-27-18-8-6-15(22)7-9-18;2*1-6-2-4-7(5-3-6)11(8,9)10/h2-9,16-17,26H,10-14H2,1H3;2*2-5H,1H3,(H,8,9,10). The third kappa shape index (κ3) is 11.8. The molecule has 1 saturated heterocycles. The molecule has 3 N–H and O–H groups in total. The smallest absolute Gasteiger partial charge is 0.294 e. The second kappa shape index (κ2) is 17.3. The Morgan fingerprint density at radius 3 is 1.94 bits per heavy atom. The number of ether oxygens (including phenoxy) is 1. The Morgan fingerprint density at radius 2 is 1.42 bits per heavy atom. The van der Waals surface area contributed by atoms with Gasteiger partial charge in [0, 0.05) is 32.7 Å². The average Bonchev–Trinajstić information content (AvgIpc) is 3.72. The first-order valence-corrected chi connectivity index (χ1v) is 19.2. The van der Waals surface area contributed by atoms with Gasteiger partial charge >= 0.3 is 0 Å². The number of hydrogen-bond acceptors (Lipinski definition) is 10. The van der Waals surface area contributed by atoms with Crippen LogP contribution in [0.25, 0.3) is 10.2 Å². The molecule has 15 heteroatoms. The molecule has 0 saturated carbocycles. The Balaban J connectivity index is 0.000000209. The largest absolute Gasteiger partial charge is 0.491 e. The lowest BCUT2D eigenvalue weighted by atomic mass is 10.2. The number of β-amino-alcohol motifs (C(OH)–C–C–N with tert-alkyl or cyclic N) is 1. The molecule has 2 unspecified atom stereocenters. The van der Waals surface area contributed by atoms with Crippen molar-refractivity contribution in [3.8, 4) is 5.75 Å². The SMILES string of the molecule is CN(c1nc2ccccc2s1)C1CCN(CC(O)COc2ccc(F)cc2)C1.Cc1ccc(S(=O)(=O)O)cc1.Cc1ccc(S(=O)(=O)O)cc1. The molecule has 0 aliphatic carbocycles. The van der Waals surface area contributed by atoms with Gasteiger partial charge in [-0.05, 0) is 80.9 Å². The van der Waals surface area contributed by atoms with Gasteiger partial charge in [-0.15, -0.1) is 0 Å². The zero-order chi connectivity index (χ0) is 36.5. The highest BCUT2D eigenvalue weighted by Gasteiger charge is 2.28. The topological polar surface area (TPSA) is 158 Å². The number of aromatic nitrogens is 1. The molecule has 0 spiro atoms. The zero-order valence-electron chi connectivity index (χ0n) is 27.8. The molecule has 1 fully saturated rings. The van der Waals surface area contributed by atoms with Crippen molar-refractivity contribution in [3.05, 3.63) is 114 Å². The van der Waals surface area contributed by atoms with Crippen molar-refractivity contribution >= 4 is 46.9 Å². The number of thiazole rings is 1. The molecule has 0 amide bonds. The maximum atomic E-state index is 12.9. The van der Waals surface area contributed by atoms with Crippen LogP contribution in [0.1, 0.15) is 17.5 Å². The fraction of sp³-hybridized carbons (Fsp3) is 0.286.